The lowest BCUT2D eigenvalue weighted by Crippen LogP contribution is -2.41. The van der Waals surface area contributed by atoms with Crippen LogP contribution >= 0.6 is 0 Å². The fourth-order valence-corrected chi connectivity index (χ4v) is 1.78. The van der Waals surface area contributed by atoms with Gasteiger partial charge in [-0.15, -0.1) is 0 Å². The molecule has 1 aliphatic rings. The van der Waals surface area contributed by atoms with Gasteiger partial charge in [0.1, 0.15) is 0 Å². The third-order valence-electron chi connectivity index (χ3n) is 2.54. The van der Waals surface area contributed by atoms with Gasteiger partial charge in [0, 0.05) is 18.7 Å². The van der Waals surface area contributed by atoms with Crippen LogP contribution in [0.3, 0.4) is 0 Å². The highest BCUT2D eigenvalue weighted by molar-refractivity contribution is 4.84. The molecule has 0 aromatic rings. The van der Waals surface area contributed by atoms with Gasteiger partial charge in [-0.05, 0) is 32.6 Å². The number of hydrogen-bond acceptors (Lipinski definition) is 3. The first-order chi connectivity index (χ1) is 5.74. The zero-order valence-corrected chi connectivity index (χ0v) is 7.66. The Morgan fingerprint density at radius 2 is 2.25 bits per heavy atom. The van der Waals surface area contributed by atoms with Crippen molar-refractivity contribution in [2.75, 3.05) is 6.61 Å². The van der Waals surface area contributed by atoms with Gasteiger partial charge in [0.25, 0.3) is 0 Å². The standard InChI is InChI=1S/C9H19NO2/c1-7(5-6-11)10-8-3-2-4-9(8)12/h7-12H,2-6H2,1H3/t7?,8-,9-/m0/s1. The Morgan fingerprint density at radius 1 is 1.50 bits per heavy atom. The summed E-state index contributed by atoms with van der Waals surface area (Å²) in [4.78, 5) is 0. The van der Waals surface area contributed by atoms with E-state index in [1.165, 1.54) is 0 Å². The zero-order valence-electron chi connectivity index (χ0n) is 7.66. The molecule has 0 aromatic heterocycles. The van der Waals surface area contributed by atoms with Gasteiger partial charge in [0.05, 0.1) is 6.10 Å². The van der Waals surface area contributed by atoms with Gasteiger partial charge < -0.3 is 15.5 Å². The monoisotopic (exact) mass is 173 g/mol. The molecule has 72 valence electrons. The maximum atomic E-state index is 9.48. The minimum atomic E-state index is -0.175. The van der Waals surface area contributed by atoms with Crippen LogP contribution in [-0.4, -0.2) is 35.0 Å². The van der Waals surface area contributed by atoms with Crippen molar-refractivity contribution < 1.29 is 10.2 Å². The largest absolute Gasteiger partial charge is 0.396 e. The fourth-order valence-electron chi connectivity index (χ4n) is 1.78. The van der Waals surface area contributed by atoms with Gasteiger partial charge in [-0.2, -0.15) is 0 Å². The molecule has 12 heavy (non-hydrogen) atoms. The number of rotatable bonds is 4. The molecule has 0 bridgehead atoms. The average molecular weight is 173 g/mol. The maximum Gasteiger partial charge on any atom is 0.0693 e. The number of nitrogens with one attached hydrogen (secondary N) is 1. The summed E-state index contributed by atoms with van der Waals surface area (Å²) in [6, 6.07) is 0.569. The quantitative estimate of drug-likeness (QED) is 0.571. The lowest BCUT2D eigenvalue weighted by molar-refractivity contribution is 0.140. The van der Waals surface area contributed by atoms with Gasteiger partial charge in [-0.1, -0.05) is 0 Å². The molecule has 3 nitrogen and oxygen atoms in total. The third kappa shape index (κ3) is 2.73. The van der Waals surface area contributed by atoms with E-state index < -0.39 is 0 Å². The van der Waals surface area contributed by atoms with Crippen LogP contribution in [0.2, 0.25) is 0 Å². The second kappa shape index (κ2) is 4.80. The van der Waals surface area contributed by atoms with E-state index in [2.05, 4.69) is 5.32 Å². The van der Waals surface area contributed by atoms with E-state index in [4.69, 9.17) is 5.11 Å². The van der Waals surface area contributed by atoms with E-state index in [0.29, 0.717) is 6.04 Å². The Kier molecular flexibility index (Phi) is 3.98. The van der Waals surface area contributed by atoms with Crippen molar-refractivity contribution in [3.05, 3.63) is 0 Å². The summed E-state index contributed by atoms with van der Waals surface area (Å²) in [5.74, 6) is 0. The van der Waals surface area contributed by atoms with Gasteiger partial charge >= 0.3 is 0 Å². The van der Waals surface area contributed by atoms with Crippen LogP contribution in [0.25, 0.3) is 0 Å². The molecule has 0 aromatic carbocycles. The first kappa shape index (κ1) is 9.96. The summed E-state index contributed by atoms with van der Waals surface area (Å²) in [6.45, 7) is 2.26. The minimum Gasteiger partial charge on any atom is -0.396 e. The summed E-state index contributed by atoms with van der Waals surface area (Å²) in [7, 11) is 0. The first-order valence-electron chi connectivity index (χ1n) is 4.79. The van der Waals surface area contributed by atoms with Crippen LogP contribution in [0.5, 0.6) is 0 Å². The van der Waals surface area contributed by atoms with Crippen LogP contribution in [-0.2, 0) is 0 Å². The molecule has 1 aliphatic carbocycles. The Labute approximate surface area is 73.8 Å². The molecule has 0 aliphatic heterocycles. The normalized spacial score (nSPS) is 32.2. The van der Waals surface area contributed by atoms with Gasteiger partial charge in [0.2, 0.25) is 0 Å². The van der Waals surface area contributed by atoms with Crippen molar-refractivity contribution in [3.63, 3.8) is 0 Å². The van der Waals surface area contributed by atoms with E-state index >= 15 is 0 Å². The predicted octanol–water partition coefficient (Wildman–Crippen LogP) is 0.260. The second-order valence-corrected chi connectivity index (χ2v) is 3.68. The van der Waals surface area contributed by atoms with Crippen LogP contribution in [0.4, 0.5) is 0 Å². The molecule has 3 atom stereocenters. The van der Waals surface area contributed by atoms with Gasteiger partial charge in [-0.3, -0.25) is 0 Å². The van der Waals surface area contributed by atoms with Crippen LogP contribution in [0, 0.1) is 0 Å². The lowest BCUT2D eigenvalue weighted by atomic mass is 10.1. The fraction of sp³-hybridized carbons (Fsp3) is 1.00. The third-order valence-corrected chi connectivity index (χ3v) is 2.54. The Morgan fingerprint density at radius 3 is 2.75 bits per heavy atom. The topological polar surface area (TPSA) is 52.5 Å². The number of aliphatic hydroxyl groups excluding tert-OH is 2. The minimum absolute atomic E-state index is 0.175. The Balaban J connectivity index is 2.20. The van der Waals surface area contributed by atoms with Crippen molar-refractivity contribution in [1.82, 2.24) is 5.32 Å². The zero-order chi connectivity index (χ0) is 8.97. The highest BCUT2D eigenvalue weighted by atomic mass is 16.3. The van der Waals surface area contributed by atoms with Crippen LogP contribution < -0.4 is 5.32 Å². The number of hydrogen-bond donors (Lipinski definition) is 3. The van der Waals surface area contributed by atoms with E-state index in [1.807, 2.05) is 6.92 Å². The van der Waals surface area contributed by atoms with Gasteiger partial charge in [-0.25, -0.2) is 0 Å². The molecule has 1 fully saturated rings. The summed E-state index contributed by atoms with van der Waals surface area (Å²) >= 11 is 0. The van der Waals surface area contributed by atoms with E-state index in [9.17, 15) is 5.11 Å². The van der Waals surface area contributed by atoms with Crippen molar-refractivity contribution in [1.29, 1.82) is 0 Å². The molecule has 0 radical (unpaired) electrons. The Bertz CT molecular complexity index is 130. The number of aliphatic hydroxyl groups is 2. The summed E-state index contributed by atoms with van der Waals surface area (Å²) in [6.07, 6.45) is 3.69. The molecule has 0 amide bonds. The smallest absolute Gasteiger partial charge is 0.0693 e. The first-order valence-corrected chi connectivity index (χ1v) is 4.79. The van der Waals surface area contributed by atoms with E-state index in [1.54, 1.807) is 0 Å². The molecule has 3 heteroatoms. The molecular weight excluding hydrogens is 154 g/mol. The molecule has 1 saturated carbocycles. The van der Waals surface area contributed by atoms with Crippen molar-refractivity contribution in [2.24, 2.45) is 0 Å². The molecule has 3 N–H and O–H groups in total. The predicted molar refractivity (Wildman–Crippen MR) is 47.9 cm³/mol. The second-order valence-electron chi connectivity index (χ2n) is 3.68. The summed E-state index contributed by atoms with van der Waals surface area (Å²) in [5, 5.41) is 21.5. The van der Waals surface area contributed by atoms with Crippen molar-refractivity contribution in [2.45, 2.75) is 50.8 Å². The highest BCUT2D eigenvalue weighted by Crippen LogP contribution is 2.19. The SMILES string of the molecule is CC(CCO)N[C@H]1CCC[C@@H]1O. The summed E-state index contributed by atoms with van der Waals surface area (Å²) < 4.78 is 0. The molecular formula is C9H19NO2. The highest BCUT2D eigenvalue weighted by Gasteiger charge is 2.25. The molecule has 0 heterocycles. The van der Waals surface area contributed by atoms with E-state index in [0.717, 1.165) is 25.7 Å². The average Bonchev–Trinajstić information content (AvgIpc) is 2.37. The van der Waals surface area contributed by atoms with Crippen molar-refractivity contribution in [3.8, 4) is 0 Å². The van der Waals surface area contributed by atoms with Crippen LogP contribution in [0.1, 0.15) is 32.6 Å². The van der Waals surface area contributed by atoms with Crippen molar-refractivity contribution >= 4 is 0 Å². The van der Waals surface area contributed by atoms with Gasteiger partial charge in [0.15, 0.2) is 0 Å². The summed E-state index contributed by atoms with van der Waals surface area (Å²) in [5.41, 5.74) is 0. The van der Waals surface area contributed by atoms with Crippen LogP contribution in [0.15, 0.2) is 0 Å². The Hall–Kier alpha value is -0.120. The molecule has 1 rings (SSSR count). The maximum absolute atomic E-state index is 9.48. The molecule has 1 unspecified atom stereocenters. The lowest BCUT2D eigenvalue weighted by Gasteiger charge is -2.21. The molecule has 0 saturated heterocycles. The molecule has 0 spiro atoms. The van der Waals surface area contributed by atoms with E-state index in [-0.39, 0.29) is 18.8 Å².